The number of para-hydroxylation sites is 1. The van der Waals surface area contributed by atoms with Crippen LogP contribution in [0.3, 0.4) is 0 Å². The Morgan fingerprint density at radius 1 is 1.18 bits per heavy atom. The van der Waals surface area contributed by atoms with Gasteiger partial charge in [0.15, 0.2) is 0 Å². The second-order valence-corrected chi connectivity index (χ2v) is 8.97. The summed E-state index contributed by atoms with van der Waals surface area (Å²) in [6, 6.07) is 10.2. The fourth-order valence-corrected chi connectivity index (χ4v) is 3.84. The quantitative estimate of drug-likeness (QED) is 0.373. The molecule has 8 nitrogen and oxygen atoms in total. The van der Waals surface area contributed by atoms with E-state index in [0.717, 1.165) is 12.0 Å². The highest BCUT2D eigenvalue weighted by molar-refractivity contribution is 6.24. The van der Waals surface area contributed by atoms with E-state index in [1.807, 2.05) is 12.1 Å². The monoisotopic (exact) mass is 449 g/mol. The van der Waals surface area contributed by atoms with Crippen LogP contribution in [-0.2, 0) is 24.5 Å². The van der Waals surface area contributed by atoms with E-state index in [0.29, 0.717) is 11.1 Å². The molecule has 1 atom stereocenters. The van der Waals surface area contributed by atoms with Gasteiger partial charge in [-0.15, -0.1) is 0 Å². The Bertz CT molecular complexity index is 1110. The van der Waals surface area contributed by atoms with Crippen LogP contribution in [0.1, 0.15) is 46.6 Å². The van der Waals surface area contributed by atoms with Gasteiger partial charge >= 0.3 is 12.1 Å². The predicted molar refractivity (Wildman–Crippen MR) is 121 cm³/mol. The molecular formula is C25H27N3O5. The fourth-order valence-electron chi connectivity index (χ4n) is 3.84. The maximum absolute atomic E-state index is 14.0. The molecule has 1 aliphatic heterocycles. The van der Waals surface area contributed by atoms with Gasteiger partial charge in [0.2, 0.25) is 0 Å². The zero-order valence-corrected chi connectivity index (χ0v) is 19.7. The molecule has 0 radical (unpaired) electrons. The van der Waals surface area contributed by atoms with Crippen LogP contribution < -0.4 is 4.90 Å². The summed E-state index contributed by atoms with van der Waals surface area (Å²) in [5, 5.41) is 19.0. The molecule has 1 aromatic rings. The Balaban J connectivity index is 2.87. The van der Waals surface area contributed by atoms with E-state index in [4.69, 9.17) is 9.47 Å². The Morgan fingerprint density at radius 3 is 2.24 bits per heavy atom. The number of rotatable bonds is 5. The van der Waals surface area contributed by atoms with Gasteiger partial charge in [-0.2, -0.15) is 10.5 Å². The first-order chi connectivity index (χ1) is 15.3. The standard InChI is InChI=1S/C25H27N3O5/c1-15(2)18(17(13-26)14-27)12-25(16(3)21(29)32-7)19-10-8-9-11-20(19)28(22(25)30)23(31)33-24(4,5)6/h8-11,15H,3,12H2,1-2,4-7H3/t25-/m0/s1. The lowest BCUT2D eigenvalue weighted by atomic mass is 9.69. The highest BCUT2D eigenvalue weighted by Gasteiger charge is 2.57. The van der Waals surface area contributed by atoms with Gasteiger partial charge in [0.25, 0.3) is 5.91 Å². The first-order valence-corrected chi connectivity index (χ1v) is 10.3. The Kier molecular flexibility index (Phi) is 7.14. The summed E-state index contributed by atoms with van der Waals surface area (Å²) >= 11 is 0. The maximum atomic E-state index is 14.0. The molecule has 1 aromatic carbocycles. The largest absolute Gasteiger partial charge is 0.466 e. The molecule has 2 rings (SSSR count). The number of imide groups is 1. The number of methoxy groups -OCH3 is 1. The summed E-state index contributed by atoms with van der Waals surface area (Å²) in [5.74, 6) is -1.92. The van der Waals surface area contributed by atoms with Gasteiger partial charge in [0, 0.05) is 0 Å². The molecule has 0 unspecified atom stereocenters. The lowest BCUT2D eigenvalue weighted by molar-refractivity contribution is -0.138. The van der Waals surface area contributed by atoms with Gasteiger partial charge in [-0.25, -0.2) is 14.5 Å². The summed E-state index contributed by atoms with van der Waals surface area (Å²) in [6.45, 7) is 12.4. The average Bonchev–Trinajstić information content (AvgIpc) is 3.00. The number of ether oxygens (including phenoxy) is 2. The fraction of sp³-hybridized carbons (Fsp3) is 0.400. The van der Waals surface area contributed by atoms with Crippen LogP contribution in [0.25, 0.3) is 0 Å². The number of fused-ring (bicyclic) bond motifs is 1. The van der Waals surface area contributed by atoms with Gasteiger partial charge in [0.1, 0.15) is 28.7 Å². The lowest BCUT2D eigenvalue weighted by Crippen LogP contribution is -2.47. The van der Waals surface area contributed by atoms with Crippen molar-refractivity contribution in [1.82, 2.24) is 0 Å². The van der Waals surface area contributed by atoms with Crippen molar-refractivity contribution in [3.63, 3.8) is 0 Å². The highest BCUT2D eigenvalue weighted by atomic mass is 16.6. The van der Waals surface area contributed by atoms with E-state index in [1.54, 1.807) is 58.9 Å². The van der Waals surface area contributed by atoms with Crippen LogP contribution >= 0.6 is 0 Å². The van der Waals surface area contributed by atoms with Gasteiger partial charge in [-0.1, -0.05) is 38.6 Å². The van der Waals surface area contributed by atoms with E-state index >= 15 is 0 Å². The number of allylic oxidation sites excluding steroid dienone is 2. The molecular weight excluding hydrogens is 422 g/mol. The summed E-state index contributed by atoms with van der Waals surface area (Å²) in [4.78, 5) is 40.6. The van der Waals surface area contributed by atoms with Gasteiger partial charge in [0.05, 0.1) is 18.4 Å². The SMILES string of the molecule is C=C(C(=O)OC)[C@]1(CC(=C(C#N)C#N)C(C)C)C(=O)N(C(=O)OC(C)(C)C)c2ccccc21. The maximum Gasteiger partial charge on any atom is 0.421 e. The molecule has 33 heavy (non-hydrogen) atoms. The van der Waals surface area contributed by atoms with E-state index in [9.17, 15) is 24.9 Å². The number of esters is 1. The van der Waals surface area contributed by atoms with Crippen LogP contribution in [0.5, 0.6) is 0 Å². The van der Waals surface area contributed by atoms with Crippen LogP contribution in [0.4, 0.5) is 10.5 Å². The second-order valence-electron chi connectivity index (χ2n) is 8.97. The number of anilines is 1. The lowest BCUT2D eigenvalue weighted by Gasteiger charge is -2.32. The Morgan fingerprint density at radius 2 is 1.76 bits per heavy atom. The topological polar surface area (TPSA) is 120 Å². The van der Waals surface area contributed by atoms with Crippen molar-refractivity contribution in [3.05, 3.63) is 53.1 Å². The third-order valence-corrected chi connectivity index (χ3v) is 5.39. The van der Waals surface area contributed by atoms with Gasteiger partial charge < -0.3 is 9.47 Å². The summed E-state index contributed by atoms with van der Waals surface area (Å²) < 4.78 is 10.3. The third-order valence-electron chi connectivity index (χ3n) is 5.39. The molecule has 8 heteroatoms. The van der Waals surface area contributed by atoms with Crippen LogP contribution in [0, 0.1) is 28.6 Å². The number of carbonyl (C=O) groups is 3. The molecule has 0 bridgehead atoms. The smallest absolute Gasteiger partial charge is 0.421 e. The molecule has 1 aliphatic rings. The molecule has 0 aliphatic carbocycles. The number of hydrogen-bond acceptors (Lipinski definition) is 7. The summed E-state index contributed by atoms with van der Waals surface area (Å²) in [7, 11) is 1.16. The number of nitriles is 2. The molecule has 1 heterocycles. The minimum Gasteiger partial charge on any atom is -0.466 e. The number of nitrogens with zero attached hydrogens (tertiary/aromatic N) is 3. The van der Waals surface area contributed by atoms with Crippen LogP contribution in [-0.4, -0.2) is 30.7 Å². The van der Waals surface area contributed by atoms with Crippen molar-refractivity contribution < 1.29 is 23.9 Å². The first kappa shape index (κ1) is 25.4. The van der Waals surface area contributed by atoms with Crippen molar-refractivity contribution >= 4 is 23.7 Å². The molecule has 0 N–H and O–H groups in total. The predicted octanol–water partition coefficient (Wildman–Crippen LogP) is 4.33. The Labute approximate surface area is 193 Å². The molecule has 172 valence electrons. The number of hydrogen-bond donors (Lipinski definition) is 0. The van der Waals surface area contributed by atoms with Gasteiger partial charge in [-0.05, 0) is 50.3 Å². The van der Waals surface area contributed by atoms with Crippen molar-refractivity contribution in [1.29, 1.82) is 10.5 Å². The first-order valence-electron chi connectivity index (χ1n) is 10.3. The van der Waals surface area contributed by atoms with E-state index in [2.05, 4.69) is 6.58 Å². The molecule has 0 spiro atoms. The van der Waals surface area contributed by atoms with Crippen molar-refractivity contribution in [2.24, 2.45) is 5.92 Å². The normalized spacial score (nSPS) is 17.0. The van der Waals surface area contributed by atoms with Crippen molar-refractivity contribution in [2.75, 3.05) is 12.0 Å². The van der Waals surface area contributed by atoms with Crippen molar-refractivity contribution in [3.8, 4) is 12.1 Å². The number of benzene rings is 1. The second kappa shape index (κ2) is 9.30. The zero-order valence-electron chi connectivity index (χ0n) is 19.7. The van der Waals surface area contributed by atoms with E-state index in [1.165, 1.54) is 0 Å². The minimum absolute atomic E-state index is 0.164. The van der Waals surface area contributed by atoms with Gasteiger partial charge in [-0.3, -0.25) is 4.79 Å². The summed E-state index contributed by atoms with van der Waals surface area (Å²) in [5.41, 5.74) is -2.08. The van der Waals surface area contributed by atoms with E-state index in [-0.39, 0.29) is 29.2 Å². The highest BCUT2D eigenvalue weighted by Crippen LogP contribution is 2.51. The molecule has 2 amide bonds. The summed E-state index contributed by atoms with van der Waals surface area (Å²) in [6.07, 6.45) is -1.11. The average molecular weight is 450 g/mol. The Hall–Kier alpha value is -3.91. The van der Waals surface area contributed by atoms with E-state index < -0.39 is 29.0 Å². The number of carbonyl (C=O) groups excluding carboxylic acids is 3. The number of amides is 2. The molecule has 0 saturated heterocycles. The minimum atomic E-state index is -1.76. The zero-order chi connectivity index (χ0) is 25.1. The molecule has 0 aromatic heterocycles. The van der Waals surface area contributed by atoms with Crippen LogP contribution in [0.2, 0.25) is 0 Å². The molecule has 0 saturated carbocycles. The molecule has 0 fully saturated rings. The third kappa shape index (κ3) is 4.51. The van der Waals surface area contributed by atoms with Crippen molar-refractivity contribution in [2.45, 2.75) is 52.1 Å². The van der Waals surface area contributed by atoms with Crippen LogP contribution in [0.15, 0.2) is 47.6 Å².